The standard InChI is InChI=1S/C24H22N4O4/c1-16(19-4-3-13-25-14-19)26-22(29)15-31-21-11-7-18(8-12-21)24-27-23(28-32-24)17-5-9-20(30-2)10-6-17/h3-14,16H,15H2,1-2H3,(H,26,29)/t16-/m0/s1. The number of hydrogen-bond acceptors (Lipinski definition) is 7. The van der Waals surface area contributed by atoms with Crippen molar-refractivity contribution in [3.63, 3.8) is 0 Å². The van der Waals surface area contributed by atoms with E-state index in [1.165, 1.54) is 0 Å². The molecule has 0 aliphatic heterocycles. The number of methoxy groups -OCH3 is 1. The summed E-state index contributed by atoms with van der Waals surface area (Å²) in [6, 6.07) is 18.1. The van der Waals surface area contributed by atoms with E-state index in [0.29, 0.717) is 17.5 Å². The van der Waals surface area contributed by atoms with Gasteiger partial charge in [0.1, 0.15) is 11.5 Å². The molecule has 0 bridgehead atoms. The van der Waals surface area contributed by atoms with Gasteiger partial charge < -0.3 is 19.3 Å². The molecule has 162 valence electrons. The second kappa shape index (κ2) is 9.74. The van der Waals surface area contributed by atoms with Gasteiger partial charge in [0.15, 0.2) is 6.61 Å². The fourth-order valence-electron chi connectivity index (χ4n) is 3.04. The number of nitrogens with one attached hydrogen (secondary N) is 1. The van der Waals surface area contributed by atoms with Crippen molar-refractivity contribution < 1.29 is 18.8 Å². The lowest BCUT2D eigenvalue weighted by atomic mass is 10.1. The largest absolute Gasteiger partial charge is 0.497 e. The van der Waals surface area contributed by atoms with Crippen molar-refractivity contribution in [3.8, 4) is 34.3 Å². The van der Waals surface area contributed by atoms with E-state index in [2.05, 4.69) is 20.4 Å². The highest BCUT2D eigenvalue weighted by Crippen LogP contribution is 2.25. The third kappa shape index (κ3) is 5.10. The second-order valence-electron chi connectivity index (χ2n) is 7.04. The Labute approximate surface area is 185 Å². The number of hydrogen-bond donors (Lipinski definition) is 1. The van der Waals surface area contributed by atoms with Gasteiger partial charge in [0.25, 0.3) is 11.8 Å². The first-order chi connectivity index (χ1) is 15.6. The summed E-state index contributed by atoms with van der Waals surface area (Å²) in [4.78, 5) is 20.7. The van der Waals surface area contributed by atoms with Crippen LogP contribution in [-0.2, 0) is 4.79 Å². The molecule has 2 heterocycles. The third-order valence-electron chi connectivity index (χ3n) is 4.81. The van der Waals surface area contributed by atoms with E-state index >= 15 is 0 Å². The van der Waals surface area contributed by atoms with Gasteiger partial charge in [-0.3, -0.25) is 9.78 Å². The zero-order valence-corrected chi connectivity index (χ0v) is 17.7. The van der Waals surface area contributed by atoms with Crippen LogP contribution in [0.2, 0.25) is 0 Å². The van der Waals surface area contributed by atoms with Crippen molar-refractivity contribution in [1.82, 2.24) is 20.4 Å². The Hall–Kier alpha value is -4.20. The predicted octanol–water partition coefficient (Wildman–Crippen LogP) is 4.06. The first-order valence-corrected chi connectivity index (χ1v) is 10.0. The summed E-state index contributed by atoms with van der Waals surface area (Å²) in [7, 11) is 1.62. The number of carbonyl (C=O) groups is 1. The molecule has 1 atom stereocenters. The van der Waals surface area contributed by atoms with Gasteiger partial charge in [-0.05, 0) is 67.1 Å². The minimum absolute atomic E-state index is 0.0911. The summed E-state index contributed by atoms with van der Waals surface area (Å²) in [6.07, 6.45) is 3.42. The molecule has 0 fully saturated rings. The average Bonchev–Trinajstić information content (AvgIpc) is 3.34. The lowest BCUT2D eigenvalue weighted by Gasteiger charge is -2.14. The molecule has 0 aliphatic rings. The highest BCUT2D eigenvalue weighted by molar-refractivity contribution is 5.78. The van der Waals surface area contributed by atoms with E-state index < -0.39 is 0 Å². The normalized spacial score (nSPS) is 11.6. The summed E-state index contributed by atoms with van der Waals surface area (Å²) < 4.78 is 16.1. The number of ether oxygens (including phenoxy) is 2. The van der Waals surface area contributed by atoms with Crippen LogP contribution in [0.25, 0.3) is 22.8 Å². The maximum atomic E-state index is 12.2. The van der Waals surface area contributed by atoms with E-state index in [1.54, 1.807) is 43.8 Å². The van der Waals surface area contributed by atoms with Gasteiger partial charge in [-0.15, -0.1) is 0 Å². The summed E-state index contributed by atoms with van der Waals surface area (Å²) >= 11 is 0. The van der Waals surface area contributed by atoms with E-state index in [-0.39, 0.29) is 18.6 Å². The van der Waals surface area contributed by atoms with Gasteiger partial charge in [-0.2, -0.15) is 4.98 Å². The number of aromatic nitrogens is 3. The van der Waals surface area contributed by atoms with Crippen molar-refractivity contribution in [3.05, 3.63) is 78.6 Å². The highest BCUT2D eigenvalue weighted by Gasteiger charge is 2.12. The number of carbonyl (C=O) groups excluding carboxylic acids is 1. The summed E-state index contributed by atoms with van der Waals surface area (Å²) in [5.41, 5.74) is 2.50. The van der Waals surface area contributed by atoms with Crippen LogP contribution >= 0.6 is 0 Å². The van der Waals surface area contributed by atoms with E-state index in [0.717, 1.165) is 22.4 Å². The lowest BCUT2D eigenvalue weighted by molar-refractivity contribution is -0.123. The van der Waals surface area contributed by atoms with Crippen molar-refractivity contribution in [2.75, 3.05) is 13.7 Å². The van der Waals surface area contributed by atoms with Gasteiger partial charge >= 0.3 is 0 Å². The van der Waals surface area contributed by atoms with E-state index in [4.69, 9.17) is 14.0 Å². The molecule has 0 saturated heterocycles. The molecule has 0 spiro atoms. The Kier molecular flexibility index (Phi) is 6.41. The number of amides is 1. The first kappa shape index (κ1) is 21.0. The minimum Gasteiger partial charge on any atom is -0.497 e. The van der Waals surface area contributed by atoms with Gasteiger partial charge in [-0.25, -0.2) is 0 Å². The fourth-order valence-corrected chi connectivity index (χ4v) is 3.04. The van der Waals surface area contributed by atoms with Crippen molar-refractivity contribution >= 4 is 5.91 Å². The Bertz CT molecular complexity index is 1160. The zero-order valence-electron chi connectivity index (χ0n) is 17.7. The van der Waals surface area contributed by atoms with Gasteiger partial charge in [0.05, 0.1) is 13.2 Å². The van der Waals surface area contributed by atoms with Crippen LogP contribution in [0.5, 0.6) is 11.5 Å². The molecule has 1 amide bonds. The molecule has 0 unspecified atom stereocenters. The van der Waals surface area contributed by atoms with Crippen LogP contribution in [0, 0.1) is 0 Å². The molecule has 0 radical (unpaired) electrons. The molecule has 2 aromatic heterocycles. The molecule has 1 N–H and O–H groups in total. The Morgan fingerprint density at radius 2 is 1.75 bits per heavy atom. The Morgan fingerprint density at radius 3 is 2.44 bits per heavy atom. The Balaban J connectivity index is 1.33. The third-order valence-corrected chi connectivity index (χ3v) is 4.81. The van der Waals surface area contributed by atoms with Crippen molar-refractivity contribution in [1.29, 1.82) is 0 Å². The number of pyridine rings is 1. The van der Waals surface area contributed by atoms with E-state index in [1.807, 2.05) is 43.3 Å². The van der Waals surface area contributed by atoms with Gasteiger partial charge in [-0.1, -0.05) is 11.2 Å². The lowest BCUT2D eigenvalue weighted by Crippen LogP contribution is -2.31. The molecule has 4 aromatic rings. The van der Waals surface area contributed by atoms with Crippen molar-refractivity contribution in [2.24, 2.45) is 0 Å². The number of rotatable bonds is 8. The summed E-state index contributed by atoms with van der Waals surface area (Å²) in [5, 5.41) is 6.92. The first-order valence-electron chi connectivity index (χ1n) is 10.0. The molecule has 8 nitrogen and oxygen atoms in total. The zero-order chi connectivity index (χ0) is 22.3. The molecule has 0 saturated carbocycles. The monoisotopic (exact) mass is 430 g/mol. The molecular weight excluding hydrogens is 408 g/mol. The van der Waals surface area contributed by atoms with Gasteiger partial charge in [0.2, 0.25) is 5.82 Å². The Morgan fingerprint density at radius 1 is 1.03 bits per heavy atom. The summed E-state index contributed by atoms with van der Waals surface area (Å²) in [6.45, 7) is 1.81. The quantitative estimate of drug-likeness (QED) is 0.450. The second-order valence-corrected chi connectivity index (χ2v) is 7.04. The number of benzene rings is 2. The smallest absolute Gasteiger partial charge is 0.258 e. The van der Waals surface area contributed by atoms with Crippen LogP contribution < -0.4 is 14.8 Å². The minimum atomic E-state index is -0.216. The van der Waals surface area contributed by atoms with Crippen LogP contribution in [0.1, 0.15) is 18.5 Å². The molecule has 8 heteroatoms. The molecule has 32 heavy (non-hydrogen) atoms. The maximum absolute atomic E-state index is 12.2. The fraction of sp³-hybridized carbons (Fsp3) is 0.167. The number of nitrogens with zero attached hydrogens (tertiary/aromatic N) is 3. The summed E-state index contributed by atoms with van der Waals surface area (Å²) in [5.74, 6) is 1.99. The maximum Gasteiger partial charge on any atom is 0.258 e. The average molecular weight is 430 g/mol. The van der Waals surface area contributed by atoms with Gasteiger partial charge in [0, 0.05) is 23.5 Å². The van der Waals surface area contributed by atoms with Crippen LogP contribution in [-0.4, -0.2) is 34.7 Å². The van der Waals surface area contributed by atoms with Crippen LogP contribution in [0.15, 0.2) is 77.6 Å². The molecule has 0 aliphatic carbocycles. The SMILES string of the molecule is COc1ccc(-c2noc(-c3ccc(OCC(=O)N[C@@H](C)c4cccnc4)cc3)n2)cc1. The van der Waals surface area contributed by atoms with Crippen LogP contribution in [0.3, 0.4) is 0 Å². The molecular formula is C24H22N4O4. The predicted molar refractivity (Wildman–Crippen MR) is 118 cm³/mol. The van der Waals surface area contributed by atoms with Crippen LogP contribution in [0.4, 0.5) is 0 Å². The van der Waals surface area contributed by atoms with E-state index in [9.17, 15) is 4.79 Å². The molecule has 4 rings (SSSR count). The highest BCUT2D eigenvalue weighted by atomic mass is 16.5. The molecule has 2 aromatic carbocycles. The van der Waals surface area contributed by atoms with Crippen molar-refractivity contribution in [2.45, 2.75) is 13.0 Å². The topological polar surface area (TPSA) is 99.4 Å².